The van der Waals surface area contributed by atoms with Gasteiger partial charge in [-0.1, -0.05) is 0 Å². The van der Waals surface area contributed by atoms with Crippen molar-refractivity contribution in [1.82, 2.24) is 10.0 Å². The Morgan fingerprint density at radius 1 is 1.57 bits per heavy atom. The van der Waals surface area contributed by atoms with Crippen molar-refractivity contribution in [3.8, 4) is 0 Å². The third-order valence-electron chi connectivity index (χ3n) is 1.95. The van der Waals surface area contributed by atoms with Gasteiger partial charge in [0.25, 0.3) is 5.91 Å². The molecule has 1 N–H and O–H groups in total. The van der Waals surface area contributed by atoms with E-state index >= 15 is 0 Å². The lowest BCUT2D eigenvalue weighted by atomic mass is 10.2. The fraction of sp³-hybridized carbons (Fsp3) is 0.333. The van der Waals surface area contributed by atoms with Crippen LogP contribution in [0.3, 0.4) is 0 Å². The normalized spacial score (nSPS) is 21.2. The van der Waals surface area contributed by atoms with Crippen molar-refractivity contribution >= 4 is 5.91 Å². The van der Waals surface area contributed by atoms with Gasteiger partial charge in [0, 0.05) is 18.0 Å². The number of hydroxylamine groups is 2. The predicted molar refractivity (Wildman–Crippen MR) is 47.2 cm³/mol. The highest BCUT2D eigenvalue weighted by atomic mass is 16.7. The lowest BCUT2D eigenvalue weighted by molar-refractivity contribution is -0.0779. The second-order valence-electron chi connectivity index (χ2n) is 3.05. The van der Waals surface area contributed by atoms with Gasteiger partial charge in [-0.15, -0.1) is 0 Å². The van der Waals surface area contributed by atoms with Gasteiger partial charge in [-0.05, 0) is 12.1 Å². The number of nitrogens with zero attached hydrogens (tertiary/aromatic N) is 2. The average molecular weight is 194 g/mol. The highest BCUT2D eigenvalue weighted by Gasteiger charge is 2.26. The fourth-order valence-electron chi connectivity index (χ4n) is 1.25. The Balaban J connectivity index is 2.10. The van der Waals surface area contributed by atoms with E-state index in [0.29, 0.717) is 5.56 Å². The van der Waals surface area contributed by atoms with Gasteiger partial charge in [0.1, 0.15) is 12.7 Å². The van der Waals surface area contributed by atoms with Crippen molar-refractivity contribution in [2.45, 2.75) is 6.10 Å². The van der Waals surface area contributed by atoms with Gasteiger partial charge in [0.2, 0.25) is 0 Å². The molecule has 1 amide bonds. The largest absolute Gasteiger partial charge is 0.389 e. The summed E-state index contributed by atoms with van der Waals surface area (Å²) in [5, 5.41) is 10.3. The number of pyridine rings is 1. The third kappa shape index (κ3) is 1.73. The van der Waals surface area contributed by atoms with Crippen molar-refractivity contribution in [2.24, 2.45) is 0 Å². The minimum atomic E-state index is -0.583. The van der Waals surface area contributed by atoms with E-state index in [1.807, 2.05) is 0 Å². The zero-order valence-corrected chi connectivity index (χ0v) is 7.46. The van der Waals surface area contributed by atoms with Crippen LogP contribution < -0.4 is 0 Å². The van der Waals surface area contributed by atoms with Crippen molar-refractivity contribution in [3.05, 3.63) is 30.1 Å². The summed E-state index contributed by atoms with van der Waals surface area (Å²) in [5.41, 5.74) is 0.508. The summed E-state index contributed by atoms with van der Waals surface area (Å²) in [4.78, 5) is 20.5. The third-order valence-corrected chi connectivity index (χ3v) is 1.95. The number of β-amino-alcohol motifs (C(OH)–C–C–N with tert-alkyl or cyclic N) is 1. The van der Waals surface area contributed by atoms with Crippen molar-refractivity contribution < 1.29 is 14.7 Å². The minimum absolute atomic E-state index is 0.177. The number of rotatable bonds is 1. The summed E-state index contributed by atoms with van der Waals surface area (Å²) in [6, 6.07) is 3.22. The quantitative estimate of drug-likeness (QED) is 0.674. The Bertz CT molecular complexity index is 328. The van der Waals surface area contributed by atoms with Gasteiger partial charge in [-0.3, -0.25) is 14.6 Å². The van der Waals surface area contributed by atoms with E-state index in [-0.39, 0.29) is 19.1 Å². The fourth-order valence-corrected chi connectivity index (χ4v) is 1.25. The number of aliphatic hydroxyl groups is 1. The molecule has 1 aromatic rings. The number of carbonyl (C=O) groups is 1. The predicted octanol–water partition coefficient (Wildman–Crippen LogP) is -0.170. The molecule has 14 heavy (non-hydrogen) atoms. The van der Waals surface area contributed by atoms with Crippen LogP contribution in [-0.2, 0) is 4.84 Å². The monoisotopic (exact) mass is 194 g/mol. The SMILES string of the molecule is O=C(c1ccncc1)N1CC(O)CO1. The lowest BCUT2D eigenvalue weighted by Crippen LogP contribution is -2.28. The molecule has 0 saturated carbocycles. The number of aromatic nitrogens is 1. The second-order valence-corrected chi connectivity index (χ2v) is 3.05. The molecule has 74 valence electrons. The van der Waals surface area contributed by atoms with E-state index in [1.54, 1.807) is 24.5 Å². The standard InChI is InChI=1S/C9H10N2O3/c12-8-5-11(14-6-8)9(13)7-1-3-10-4-2-7/h1-4,8,12H,5-6H2. The van der Waals surface area contributed by atoms with Gasteiger partial charge in [-0.25, -0.2) is 5.06 Å². The van der Waals surface area contributed by atoms with Crippen LogP contribution in [0.2, 0.25) is 0 Å². The molecule has 5 heteroatoms. The van der Waals surface area contributed by atoms with Crippen molar-refractivity contribution in [1.29, 1.82) is 0 Å². The summed E-state index contributed by atoms with van der Waals surface area (Å²) in [7, 11) is 0. The minimum Gasteiger partial charge on any atom is -0.389 e. The summed E-state index contributed by atoms with van der Waals surface area (Å²) in [6.07, 6.45) is 2.50. The molecule has 2 heterocycles. The van der Waals surface area contributed by atoms with Crippen molar-refractivity contribution in [3.63, 3.8) is 0 Å². The van der Waals surface area contributed by atoms with E-state index in [2.05, 4.69) is 4.98 Å². The van der Waals surface area contributed by atoms with Crippen LogP contribution in [0.5, 0.6) is 0 Å². The van der Waals surface area contributed by atoms with Gasteiger partial charge in [0.05, 0.1) is 6.54 Å². The molecule has 1 aliphatic heterocycles. The Morgan fingerprint density at radius 2 is 2.29 bits per heavy atom. The van der Waals surface area contributed by atoms with Gasteiger partial charge in [-0.2, -0.15) is 0 Å². The summed E-state index contributed by atoms with van der Waals surface area (Å²) < 4.78 is 0. The van der Waals surface area contributed by atoms with Gasteiger partial charge in [0.15, 0.2) is 0 Å². The van der Waals surface area contributed by atoms with Gasteiger partial charge < -0.3 is 5.11 Å². The molecular formula is C9H10N2O3. The molecule has 1 unspecified atom stereocenters. The first kappa shape index (κ1) is 9.11. The van der Waals surface area contributed by atoms with E-state index in [1.165, 1.54) is 5.06 Å². The molecule has 0 bridgehead atoms. The van der Waals surface area contributed by atoms with Crippen LogP contribution in [0.25, 0.3) is 0 Å². The summed E-state index contributed by atoms with van der Waals surface area (Å²) >= 11 is 0. The van der Waals surface area contributed by atoms with E-state index < -0.39 is 6.10 Å². The molecular weight excluding hydrogens is 184 g/mol. The van der Waals surface area contributed by atoms with E-state index in [9.17, 15) is 4.79 Å². The molecule has 1 atom stereocenters. The number of aliphatic hydroxyl groups excluding tert-OH is 1. The second kappa shape index (κ2) is 3.73. The highest BCUT2D eigenvalue weighted by molar-refractivity contribution is 5.93. The van der Waals surface area contributed by atoms with Crippen LogP contribution in [0.1, 0.15) is 10.4 Å². The smallest absolute Gasteiger partial charge is 0.277 e. The maximum absolute atomic E-state index is 11.7. The van der Waals surface area contributed by atoms with Crippen LogP contribution in [0, 0.1) is 0 Å². The summed E-state index contributed by atoms with van der Waals surface area (Å²) in [5.74, 6) is -0.246. The Kier molecular flexibility index (Phi) is 2.43. The zero-order valence-electron chi connectivity index (χ0n) is 7.46. The molecule has 0 aromatic carbocycles. The average Bonchev–Trinajstić information content (AvgIpc) is 2.65. The van der Waals surface area contributed by atoms with Gasteiger partial charge >= 0.3 is 0 Å². The lowest BCUT2D eigenvalue weighted by Gasteiger charge is -2.12. The first-order valence-corrected chi connectivity index (χ1v) is 4.30. The molecule has 0 aliphatic carbocycles. The number of carbonyl (C=O) groups excluding carboxylic acids is 1. The van der Waals surface area contributed by atoms with Crippen molar-refractivity contribution in [2.75, 3.05) is 13.2 Å². The molecule has 1 aromatic heterocycles. The maximum Gasteiger partial charge on any atom is 0.277 e. The highest BCUT2D eigenvalue weighted by Crippen LogP contribution is 2.10. The van der Waals surface area contributed by atoms with Crippen LogP contribution in [-0.4, -0.2) is 40.3 Å². The van der Waals surface area contributed by atoms with Crippen LogP contribution in [0.15, 0.2) is 24.5 Å². The Hall–Kier alpha value is -1.46. The molecule has 1 saturated heterocycles. The summed E-state index contributed by atoms with van der Waals surface area (Å²) in [6.45, 7) is 0.401. The molecule has 5 nitrogen and oxygen atoms in total. The molecule has 0 radical (unpaired) electrons. The topological polar surface area (TPSA) is 62.7 Å². The van der Waals surface area contributed by atoms with E-state index in [0.717, 1.165) is 0 Å². The number of hydrogen-bond donors (Lipinski definition) is 1. The van der Waals surface area contributed by atoms with Crippen LogP contribution in [0.4, 0.5) is 0 Å². The number of amides is 1. The molecule has 0 spiro atoms. The molecule has 1 aliphatic rings. The van der Waals surface area contributed by atoms with E-state index in [4.69, 9.17) is 9.94 Å². The maximum atomic E-state index is 11.7. The number of hydrogen-bond acceptors (Lipinski definition) is 4. The molecule has 1 fully saturated rings. The first-order chi connectivity index (χ1) is 6.77. The Labute approximate surface area is 80.9 Å². The van der Waals surface area contributed by atoms with Crippen LogP contribution >= 0.6 is 0 Å². The first-order valence-electron chi connectivity index (χ1n) is 4.30. The Morgan fingerprint density at radius 3 is 2.86 bits per heavy atom. The zero-order chi connectivity index (χ0) is 9.97. The molecule has 2 rings (SSSR count).